The SMILES string of the molecule is COc1cc2ccnc(CSc3nc4ccccc4[nH]3)c2cc1OCC(F)(F)F. The molecule has 0 saturated carbocycles. The van der Waals surface area contributed by atoms with Gasteiger partial charge < -0.3 is 14.5 Å². The van der Waals surface area contributed by atoms with Gasteiger partial charge in [0.15, 0.2) is 23.3 Å². The summed E-state index contributed by atoms with van der Waals surface area (Å²) in [6.45, 7) is -1.39. The van der Waals surface area contributed by atoms with E-state index in [4.69, 9.17) is 9.47 Å². The van der Waals surface area contributed by atoms with Gasteiger partial charge in [-0.25, -0.2) is 4.98 Å². The quantitative estimate of drug-likeness (QED) is 0.427. The molecule has 1 N–H and O–H groups in total. The number of hydrogen-bond acceptors (Lipinski definition) is 5. The fourth-order valence-corrected chi connectivity index (χ4v) is 3.77. The average molecular weight is 419 g/mol. The van der Waals surface area contributed by atoms with E-state index in [1.54, 1.807) is 24.4 Å². The minimum absolute atomic E-state index is 0.0281. The van der Waals surface area contributed by atoms with E-state index in [2.05, 4.69) is 15.0 Å². The number of methoxy groups -OCH3 is 1. The number of nitrogens with zero attached hydrogens (tertiary/aromatic N) is 2. The predicted octanol–water partition coefficient (Wildman–Crippen LogP) is 5.35. The van der Waals surface area contributed by atoms with Crippen molar-refractivity contribution in [3.63, 3.8) is 0 Å². The standard InChI is InChI=1S/C20H16F3N3O2S/c1-27-17-8-12-6-7-24-16(13(12)9-18(17)28-11-20(21,22)23)10-29-19-25-14-4-2-3-5-15(14)26-19/h2-9H,10-11H2,1H3,(H,25,26). The second-order valence-electron chi connectivity index (χ2n) is 6.23. The number of aromatic amines is 1. The zero-order valence-electron chi connectivity index (χ0n) is 15.3. The van der Waals surface area contributed by atoms with E-state index in [1.165, 1.54) is 18.9 Å². The minimum Gasteiger partial charge on any atom is -0.493 e. The molecule has 9 heteroatoms. The Morgan fingerprint density at radius 1 is 1.10 bits per heavy atom. The lowest BCUT2D eigenvalue weighted by Gasteiger charge is -2.14. The Labute approximate surface area is 168 Å². The van der Waals surface area contributed by atoms with Gasteiger partial charge in [-0.2, -0.15) is 13.2 Å². The van der Waals surface area contributed by atoms with Crippen LogP contribution in [-0.4, -0.2) is 34.8 Å². The van der Waals surface area contributed by atoms with Crippen molar-refractivity contribution in [3.05, 3.63) is 54.4 Å². The van der Waals surface area contributed by atoms with Crippen molar-refractivity contribution < 1.29 is 22.6 Å². The van der Waals surface area contributed by atoms with Crippen molar-refractivity contribution in [1.82, 2.24) is 15.0 Å². The number of H-pyrrole nitrogens is 1. The molecule has 150 valence electrons. The third-order valence-corrected chi connectivity index (χ3v) is 5.12. The van der Waals surface area contributed by atoms with Crippen molar-refractivity contribution in [2.75, 3.05) is 13.7 Å². The lowest BCUT2D eigenvalue weighted by molar-refractivity contribution is -0.153. The summed E-state index contributed by atoms with van der Waals surface area (Å²) in [5.41, 5.74) is 2.52. The topological polar surface area (TPSA) is 60.0 Å². The maximum atomic E-state index is 12.6. The van der Waals surface area contributed by atoms with Crippen LogP contribution in [0.15, 0.2) is 53.8 Å². The third kappa shape index (κ3) is 4.40. The van der Waals surface area contributed by atoms with E-state index in [9.17, 15) is 13.2 Å². The number of hydrogen-bond donors (Lipinski definition) is 1. The van der Waals surface area contributed by atoms with Crippen LogP contribution in [0.3, 0.4) is 0 Å². The van der Waals surface area contributed by atoms with Crippen molar-refractivity contribution in [3.8, 4) is 11.5 Å². The molecule has 0 saturated heterocycles. The minimum atomic E-state index is -4.44. The third-order valence-electron chi connectivity index (χ3n) is 4.24. The second kappa shape index (κ2) is 7.82. The first-order valence-corrected chi connectivity index (χ1v) is 9.64. The molecule has 0 aliphatic carbocycles. The van der Waals surface area contributed by atoms with E-state index >= 15 is 0 Å². The van der Waals surface area contributed by atoms with E-state index < -0.39 is 12.8 Å². The monoisotopic (exact) mass is 419 g/mol. The normalized spacial score (nSPS) is 11.9. The van der Waals surface area contributed by atoms with Crippen molar-refractivity contribution in [1.29, 1.82) is 0 Å². The van der Waals surface area contributed by atoms with Gasteiger partial charge in [-0.1, -0.05) is 23.9 Å². The highest BCUT2D eigenvalue weighted by molar-refractivity contribution is 7.98. The van der Waals surface area contributed by atoms with Crippen LogP contribution in [0.1, 0.15) is 5.69 Å². The molecule has 4 rings (SSSR count). The van der Waals surface area contributed by atoms with Gasteiger partial charge in [-0.15, -0.1) is 0 Å². The van der Waals surface area contributed by atoms with Gasteiger partial charge in [-0.05, 0) is 35.7 Å². The largest absolute Gasteiger partial charge is 0.493 e. The zero-order valence-corrected chi connectivity index (χ0v) is 16.1. The van der Waals surface area contributed by atoms with E-state index in [1.807, 2.05) is 24.3 Å². The molecule has 0 radical (unpaired) electrons. The Balaban J connectivity index is 1.62. The summed E-state index contributed by atoms with van der Waals surface area (Å²) in [5.74, 6) is 0.756. The van der Waals surface area contributed by atoms with E-state index in [0.717, 1.165) is 21.6 Å². The van der Waals surface area contributed by atoms with Gasteiger partial charge in [0.05, 0.1) is 23.8 Å². The smallest absolute Gasteiger partial charge is 0.422 e. The fourth-order valence-electron chi connectivity index (χ4n) is 2.92. The Morgan fingerprint density at radius 3 is 2.69 bits per heavy atom. The number of pyridine rings is 1. The summed E-state index contributed by atoms with van der Waals surface area (Å²) in [4.78, 5) is 12.2. The molecule has 2 aromatic carbocycles. The Bertz CT molecular complexity index is 1130. The van der Waals surface area contributed by atoms with Gasteiger partial charge in [0.1, 0.15) is 0 Å². The maximum absolute atomic E-state index is 12.6. The number of benzene rings is 2. The number of imidazole rings is 1. The van der Waals surface area contributed by atoms with Crippen molar-refractivity contribution >= 4 is 33.6 Å². The number of fused-ring (bicyclic) bond motifs is 2. The first-order valence-electron chi connectivity index (χ1n) is 8.66. The number of para-hydroxylation sites is 2. The number of halogens is 3. The number of aromatic nitrogens is 3. The molecule has 0 atom stereocenters. The molecule has 2 aromatic heterocycles. The molecule has 0 aliphatic rings. The Kier molecular flexibility index (Phi) is 5.23. The van der Waals surface area contributed by atoms with Gasteiger partial charge in [0, 0.05) is 17.3 Å². The maximum Gasteiger partial charge on any atom is 0.422 e. The molecule has 0 aliphatic heterocycles. The predicted molar refractivity (Wildman–Crippen MR) is 105 cm³/mol. The van der Waals surface area contributed by atoms with Crippen LogP contribution in [0, 0.1) is 0 Å². The summed E-state index contributed by atoms with van der Waals surface area (Å²) in [5, 5.41) is 2.25. The molecule has 29 heavy (non-hydrogen) atoms. The Morgan fingerprint density at radius 2 is 1.93 bits per heavy atom. The summed E-state index contributed by atoms with van der Waals surface area (Å²) < 4.78 is 47.9. The summed E-state index contributed by atoms with van der Waals surface area (Å²) in [6, 6.07) is 12.7. The van der Waals surface area contributed by atoms with Crippen LogP contribution in [0.25, 0.3) is 21.8 Å². The summed E-state index contributed by atoms with van der Waals surface area (Å²) >= 11 is 1.47. The summed E-state index contributed by atoms with van der Waals surface area (Å²) in [6.07, 6.45) is -2.78. The number of alkyl halides is 3. The molecular weight excluding hydrogens is 403 g/mol. The molecule has 4 aromatic rings. The van der Waals surface area contributed by atoms with Crippen molar-refractivity contribution in [2.45, 2.75) is 17.1 Å². The molecule has 0 unspecified atom stereocenters. The Hall–Kier alpha value is -2.94. The molecule has 0 bridgehead atoms. The number of ether oxygens (including phenoxy) is 2. The van der Waals surface area contributed by atoms with Gasteiger partial charge >= 0.3 is 6.18 Å². The van der Waals surface area contributed by atoms with Gasteiger partial charge in [0.25, 0.3) is 0 Å². The number of thioether (sulfide) groups is 1. The van der Waals surface area contributed by atoms with Gasteiger partial charge in [-0.3, -0.25) is 4.98 Å². The van der Waals surface area contributed by atoms with Crippen LogP contribution >= 0.6 is 11.8 Å². The number of rotatable bonds is 6. The lowest BCUT2D eigenvalue weighted by Crippen LogP contribution is -2.19. The lowest BCUT2D eigenvalue weighted by atomic mass is 10.1. The zero-order chi connectivity index (χ0) is 20.4. The molecule has 0 amide bonds. The van der Waals surface area contributed by atoms with Crippen LogP contribution in [-0.2, 0) is 5.75 Å². The molecule has 2 heterocycles. The average Bonchev–Trinajstić information content (AvgIpc) is 3.12. The molecular formula is C20H16F3N3O2S. The molecule has 0 spiro atoms. The van der Waals surface area contributed by atoms with Gasteiger partial charge in [0.2, 0.25) is 0 Å². The first-order chi connectivity index (χ1) is 13.9. The van der Waals surface area contributed by atoms with Crippen LogP contribution in [0.5, 0.6) is 11.5 Å². The van der Waals surface area contributed by atoms with Crippen LogP contribution in [0.2, 0.25) is 0 Å². The van der Waals surface area contributed by atoms with Crippen LogP contribution in [0.4, 0.5) is 13.2 Å². The highest BCUT2D eigenvalue weighted by atomic mass is 32.2. The van der Waals surface area contributed by atoms with E-state index in [0.29, 0.717) is 16.8 Å². The highest BCUT2D eigenvalue weighted by Crippen LogP contribution is 2.35. The fraction of sp³-hybridized carbons (Fsp3) is 0.200. The first kappa shape index (κ1) is 19.4. The summed E-state index contributed by atoms with van der Waals surface area (Å²) in [7, 11) is 1.39. The second-order valence-corrected chi connectivity index (χ2v) is 7.20. The highest BCUT2D eigenvalue weighted by Gasteiger charge is 2.29. The molecule has 5 nitrogen and oxygen atoms in total. The molecule has 0 fully saturated rings. The number of nitrogens with one attached hydrogen (secondary N) is 1. The van der Waals surface area contributed by atoms with Crippen LogP contribution < -0.4 is 9.47 Å². The van der Waals surface area contributed by atoms with Crippen molar-refractivity contribution in [2.24, 2.45) is 0 Å². The van der Waals surface area contributed by atoms with E-state index in [-0.39, 0.29) is 11.5 Å².